The molecule has 1 aliphatic rings. The fourth-order valence-corrected chi connectivity index (χ4v) is 3.99. The summed E-state index contributed by atoms with van der Waals surface area (Å²) >= 11 is 0. The van der Waals surface area contributed by atoms with Crippen molar-refractivity contribution in [1.82, 2.24) is 19.4 Å². The van der Waals surface area contributed by atoms with Gasteiger partial charge in [-0.05, 0) is 12.1 Å². The second-order valence-corrected chi connectivity index (χ2v) is 7.49. The van der Waals surface area contributed by atoms with Crippen molar-refractivity contribution in [3.8, 4) is 22.9 Å². The molecule has 0 radical (unpaired) electrons. The molecule has 0 atom stereocenters. The fraction of sp³-hybridized carbons (Fsp3) is 0.333. The number of hydrogen-bond acceptors (Lipinski definition) is 5. The Hall–Kier alpha value is -3.32. The molecular weight excluding hydrogens is 392 g/mol. The highest BCUT2D eigenvalue weighted by molar-refractivity contribution is 5.97. The van der Waals surface area contributed by atoms with Crippen LogP contribution in [0, 0.1) is 0 Å². The van der Waals surface area contributed by atoms with Gasteiger partial charge in [0.15, 0.2) is 11.5 Å². The van der Waals surface area contributed by atoms with Crippen molar-refractivity contribution in [2.24, 2.45) is 0 Å². The van der Waals surface area contributed by atoms with Gasteiger partial charge in [-0.3, -0.25) is 9.69 Å². The van der Waals surface area contributed by atoms with Crippen molar-refractivity contribution in [2.75, 3.05) is 46.9 Å². The Labute approximate surface area is 182 Å². The lowest BCUT2D eigenvalue weighted by Crippen LogP contribution is -2.49. The summed E-state index contributed by atoms with van der Waals surface area (Å²) in [5, 5.41) is 0. The van der Waals surface area contributed by atoms with Crippen LogP contribution in [0.1, 0.15) is 10.4 Å². The van der Waals surface area contributed by atoms with Gasteiger partial charge < -0.3 is 18.9 Å². The second-order valence-electron chi connectivity index (χ2n) is 7.49. The molecule has 1 fully saturated rings. The molecule has 2 heterocycles. The van der Waals surface area contributed by atoms with Crippen LogP contribution >= 0.6 is 0 Å². The Morgan fingerprint density at radius 2 is 1.71 bits per heavy atom. The van der Waals surface area contributed by atoms with E-state index in [4.69, 9.17) is 9.47 Å². The minimum Gasteiger partial charge on any atom is -0.493 e. The van der Waals surface area contributed by atoms with Crippen molar-refractivity contribution in [3.63, 3.8) is 0 Å². The first-order valence-electron chi connectivity index (χ1n) is 10.5. The van der Waals surface area contributed by atoms with Gasteiger partial charge in [0.2, 0.25) is 0 Å². The van der Waals surface area contributed by atoms with Crippen LogP contribution in [0.4, 0.5) is 0 Å². The van der Waals surface area contributed by atoms with E-state index in [0.717, 1.165) is 37.6 Å². The van der Waals surface area contributed by atoms with Gasteiger partial charge in [0.1, 0.15) is 5.82 Å². The number of aromatic nitrogens is 2. The van der Waals surface area contributed by atoms with Crippen molar-refractivity contribution in [3.05, 3.63) is 66.5 Å². The molecule has 7 nitrogen and oxygen atoms in total. The lowest BCUT2D eigenvalue weighted by atomic mass is 10.1. The molecule has 0 saturated carbocycles. The van der Waals surface area contributed by atoms with E-state index in [1.807, 2.05) is 41.6 Å². The molecule has 2 aromatic carbocycles. The third-order valence-electron chi connectivity index (χ3n) is 5.70. The number of carbonyl (C=O) groups is 1. The predicted octanol–water partition coefficient (Wildman–Crippen LogP) is 3.03. The molecule has 0 aliphatic carbocycles. The molecule has 1 aliphatic heterocycles. The number of para-hydroxylation sites is 1. The first-order chi connectivity index (χ1) is 15.2. The largest absolute Gasteiger partial charge is 0.493 e. The van der Waals surface area contributed by atoms with Crippen LogP contribution in [0.2, 0.25) is 0 Å². The van der Waals surface area contributed by atoms with Gasteiger partial charge in [-0.2, -0.15) is 0 Å². The van der Waals surface area contributed by atoms with Crippen molar-refractivity contribution >= 4 is 5.91 Å². The quantitative estimate of drug-likeness (QED) is 0.588. The van der Waals surface area contributed by atoms with E-state index >= 15 is 0 Å². The van der Waals surface area contributed by atoms with Crippen molar-refractivity contribution < 1.29 is 14.3 Å². The Morgan fingerprint density at radius 1 is 0.935 bits per heavy atom. The number of benzene rings is 2. The van der Waals surface area contributed by atoms with Gasteiger partial charge in [0.25, 0.3) is 5.91 Å². The molecule has 0 N–H and O–H groups in total. The number of ether oxygens (including phenoxy) is 2. The molecule has 1 aromatic heterocycles. The lowest BCUT2D eigenvalue weighted by Gasteiger charge is -2.35. The van der Waals surface area contributed by atoms with E-state index in [-0.39, 0.29) is 5.91 Å². The Kier molecular flexibility index (Phi) is 6.52. The molecule has 1 saturated heterocycles. The molecule has 0 spiro atoms. The molecule has 0 bridgehead atoms. The molecular formula is C24H28N4O3. The monoisotopic (exact) mass is 420 g/mol. The van der Waals surface area contributed by atoms with E-state index < -0.39 is 0 Å². The standard InChI is InChI=1S/C24H28N4O3/c1-30-21-10-6-9-20(22(21)31-2)24(29)28-17-14-26(15-18-28)13-16-27-12-11-25-23(27)19-7-4-3-5-8-19/h3-12H,13-18H2,1-2H3. The summed E-state index contributed by atoms with van der Waals surface area (Å²) < 4.78 is 13.0. The minimum atomic E-state index is -0.0172. The summed E-state index contributed by atoms with van der Waals surface area (Å²) in [6.07, 6.45) is 3.87. The zero-order chi connectivity index (χ0) is 21.6. The van der Waals surface area contributed by atoms with Crippen LogP contribution in [0.3, 0.4) is 0 Å². The summed E-state index contributed by atoms with van der Waals surface area (Å²) in [6.45, 7) is 4.84. The maximum Gasteiger partial charge on any atom is 0.257 e. The number of hydrogen-bond donors (Lipinski definition) is 0. The molecule has 31 heavy (non-hydrogen) atoms. The highest BCUT2D eigenvalue weighted by atomic mass is 16.5. The minimum absolute atomic E-state index is 0.0172. The van der Waals surface area contributed by atoms with Crippen LogP contribution < -0.4 is 9.47 Å². The van der Waals surface area contributed by atoms with E-state index in [9.17, 15) is 4.79 Å². The number of nitrogens with zero attached hydrogens (tertiary/aromatic N) is 4. The highest BCUT2D eigenvalue weighted by Gasteiger charge is 2.25. The normalized spacial score (nSPS) is 14.5. The lowest BCUT2D eigenvalue weighted by molar-refractivity contribution is 0.0629. The van der Waals surface area contributed by atoms with Crippen LogP contribution in [0.5, 0.6) is 11.5 Å². The van der Waals surface area contributed by atoms with Crippen LogP contribution in [-0.2, 0) is 6.54 Å². The summed E-state index contributed by atoms with van der Waals surface area (Å²) in [6, 6.07) is 15.6. The number of piperazine rings is 1. The van der Waals surface area contributed by atoms with E-state index in [0.29, 0.717) is 30.2 Å². The van der Waals surface area contributed by atoms with Crippen LogP contribution in [0.25, 0.3) is 11.4 Å². The topological polar surface area (TPSA) is 59.8 Å². The second kappa shape index (κ2) is 9.66. The smallest absolute Gasteiger partial charge is 0.257 e. The first kappa shape index (κ1) is 20.9. The molecule has 1 amide bonds. The molecule has 3 aromatic rings. The Bertz CT molecular complexity index is 1010. The van der Waals surface area contributed by atoms with E-state index in [1.165, 1.54) is 0 Å². The van der Waals surface area contributed by atoms with Crippen LogP contribution in [-0.4, -0.2) is 72.2 Å². The SMILES string of the molecule is COc1cccc(C(=O)N2CCN(CCn3ccnc3-c3ccccc3)CC2)c1OC. The van der Waals surface area contributed by atoms with Gasteiger partial charge in [-0.25, -0.2) is 4.98 Å². The number of methoxy groups -OCH3 is 2. The van der Waals surface area contributed by atoms with Gasteiger partial charge in [-0.1, -0.05) is 36.4 Å². The fourth-order valence-electron chi connectivity index (χ4n) is 3.99. The average Bonchev–Trinajstić information content (AvgIpc) is 3.31. The maximum atomic E-state index is 13.1. The number of rotatable bonds is 7. The molecule has 162 valence electrons. The molecule has 7 heteroatoms. The summed E-state index contributed by atoms with van der Waals surface area (Å²) in [5.74, 6) is 2.03. The van der Waals surface area contributed by atoms with Gasteiger partial charge in [-0.15, -0.1) is 0 Å². The van der Waals surface area contributed by atoms with Gasteiger partial charge in [0, 0.05) is 57.2 Å². The molecule has 0 unspecified atom stereocenters. The van der Waals surface area contributed by atoms with Crippen LogP contribution in [0.15, 0.2) is 60.9 Å². The summed E-state index contributed by atoms with van der Waals surface area (Å²) in [7, 11) is 3.14. The Morgan fingerprint density at radius 3 is 2.42 bits per heavy atom. The number of carbonyl (C=O) groups excluding carboxylic acids is 1. The van der Waals surface area contributed by atoms with Crippen molar-refractivity contribution in [1.29, 1.82) is 0 Å². The highest BCUT2D eigenvalue weighted by Crippen LogP contribution is 2.31. The zero-order valence-corrected chi connectivity index (χ0v) is 18.0. The van der Waals surface area contributed by atoms with Crippen molar-refractivity contribution in [2.45, 2.75) is 6.54 Å². The number of amides is 1. The van der Waals surface area contributed by atoms with Gasteiger partial charge >= 0.3 is 0 Å². The third kappa shape index (κ3) is 4.56. The maximum absolute atomic E-state index is 13.1. The first-order valence-corrected chi connectivity index (χ1v) is 10.5. The average molecular weight is 421 g/mol. The number of imidazole rings is 1. The zero-order valence-electron chi connectivity index (χ0n) is 18.0. The summed E-state index contributed by atoms with van der Waals surface area (Å²) in [5.41, 5.74) is 1.66. The third-order valence-corrected chi connectivity index (χ3v) is 5.70. The van der Waals surface area contributed by atoms with Gasteiger partial charge in [0.05, 0.1) is 19.8 Å². The summed E-state index contributed by atoms with van der Waals surface area (Å²) in [4.78, 5) is 21.9. The Balaban J connectivity index is 1.34. The molecule has 4 rings (SSSR count). The predicted molar refractivity (Wildman–Crippen MR) is 120 cm³/mol. The van der Waals surface area contributed by atoms with E-state index in [2.05, 4.69) is 26.6 Å². The van der Waals surface area contributed by atoms with E-state index in [1.54, 1.807) is 26.4 Å².